The van der Waals surface area contributed by atoms with E-state index in [-0.39, 0.29) is 25.5 Å². The van der Waals surface area contributed by atoms with Gasteiger partial charge in [-0.25, -0.2) is 9.36 Å². The molecule has 0 spiro atoms. The maximum Gasteiger partial charge on any atom is 0.330 e. The van der Waals surface area contributed by atoms with Crippen LogP contribution in [0.5, 0.6) is 0 Å². The SMILES string of the molecule is CC(=O)OCCOCn1c(=O)[nH]c2c(C)csc2c1=O. The van der Waals surface area contributed by atoms with Crippen molar-refractivity contribution in [3.8, 4) is 0 Å². The highest BCUT2D eigenvalue weighted by Crippen LogP contribution is 2.18. The van der Waals surface area contributed by atoms with Crippen LogP contribution in [0.4, 0.5) is 0 Å². The molecule has 2 rings (SSSR count). The quantitative estimate of drug-likeness (QED) is 0.644. The van der Waals surface area contributed by atoms with Crippen molar-refractivity contribution >= 4 is 27.5 Å². The van der Waals surface area contributed by atoms with E-state index in [4.69, 9.17) is 4.74 Å². The maximum atomic E-state index is 12.1. The normalized spacial score (nSPS) is 10.9. The first-order chi connectivity index (χ1) is 9.50. The van der Waals surface area contributed by atoms with Crippen LogP contribution in [0, 0.1) is 6.92 Å². The molecule has 0 amide bonds. The van der Waals surface area contributed by atoms with E-state index in [2.05, 4.69) is 9.72 Å². The molecule has 20 heavy (non-hydrogen) atoms. The zero-order chi connectivity index (χ0) is 14.7. The molecule has 108 valence electrons. The first kappa shape index (κ1) is 14.5. The molecule has 7 nitrogen and oxygen atoms in total. The van der Waals surface area contributed by atoms with E-state index in [1.165, 1.54) is 18.3 Å². The molecular formula is C12H14N2O5S. The van der Waals surface area contributed by atoms with Gasteiger partial charge in [0.25, 0.3) is 5.56 Å². The van der Waals surface area contributed by atoms with Crippen molar-refractivity contribution in [3.63, 3.8) is 0 Å². The number of ether oxygens (including phenoxy) is 2. The number of thiophene rings is 1. The van der Waals surface area contributed by atoms with Crippen LogP contribution in [-0.4, -0.2) is 28.7 Å². The van der Waals surface area contributed by atoms with Crippen LogP contribution < -0.4 is 11.2 Å². The van der Waals surface area contributed by atoms with Crippen LogP contribution in [-0.2, 0) is 21.0 Å². The average Bonchev–Trinajstić information content (AvgIpc) is 2.74. The van der Waals surface area contributed by atoms with E-state index >= 15 is 0 Å². The van der Waals surface area contributed by atoms with Gasteiger partial charge in [-0.15, -0.1) is 11.3 Å². The van der Waals surface area contributed by atoms with Crippen LogP contribution in [0.3, 0.4) is 0 Å². The van der Waals surface area contributed by atoms with Gasteiger partial charge < -0.3 is 14.5 Å². The summed E-state index contributed by atoms with van der Waals surface area (Å²) in [6, 6.07) is 0. The minimum absolute atomic E-state index is 0.0857. The van der Waals surface area contributed by atoms with Gasteiger partial charge >= 0.3 is 11.7 Å². The monoisotopic (exact) mass is 298 g/mol. The number of rotatable bonds is 5. The summed E-state index contributed by atoms with van der Waals surface area (Å²) in [5, 5.41) is 1.81. The summed E-state index contributed by atoms with van der Waals surface area (Å²) in [5.41, 5.74) is 0.536. The van der Waals surface area contributed by atoms with E-state index < -0.39 is 11.7 Å². The van der Waals surface area contributed by atoms with E-state index in [9.17, 15) is 14.4 Å². The van der Waals surface area contributed by atoms with E-state index in [0.717, 1.165) is 10.1 Å². The number of H-pyrrole nitrogens is 1. The summed E-state index contributed by atoms with van der Waals surface area (Å²) in [6.45, 7) is 3.15. The van der Waals surface area contributed by atoms with Crippen molar-refractivity contribution in [1.82, 2.24) is 9.55 Å². The third-order valence-electron chi connectivity index (χ3n) is 2.64. The molecule has 2 aromatic rings. The van der Waals surface area contributed by atoms with Crippen LogP contribution >= 0.6 is 11.3 Å². The van der Waals surface area contributed by atoms with Crippen LogP contribution in [0.15, 0.2) is 15.0 Å². The number of carbonyl (C=O) groups excluding carboxylic acids is 1. The van der Waals surface area contributed by atoms with Crippen LogP contribution in [0.25, 0.3) is 10.2 Å². The van der Waals surface area contributed by atoms with Crippen LogP contribution in [0.2, 0.25) is 0 Å². The number of hydrogen-bond acceptors (Lipinski definition) is 6. The lowest BCUT2D eigenvalue weighted by molar-refractivity contribution is -0.142. The Kier molecular flexibility index (Phi) is 4.35. The zero-order valence-corrected chi connectivity index (χ0v) is 11.9. The van der Waals surface area contributed by atoms with E-state index in [1.807, 2.05) is 12.3 Å². The maximum absolute atomic E-state index is 12.1. The summed E-state index contributed by atoms with van der Waals surface area (Å²) in [5.74, 6) is -0.404. The Morgan fingerprint density at radius 3 is 2.85 bits per heavy atom. The molecule has 0 aliphatic heterocycles. The molecule has 0 unspecified atom stereocenters. The molecule has 2 heterocycles. The van der Waals surface area contributed by atoms with Gasteiger partial charge in [-0.1, -0.05) is 0 Å². The molecule has 0 fully saturated rings. The smallest absolute Gasteiger partial charge is 0.330 e. The highest BCUT2D eigenvalue weighted by molar-refractivity contribution is 7.17. The lowest BCUT2D eigenvalue weighted by atomic mass is 10.3. The zero-order valence-electron chi connectivity index (χ0n) is 11.1. The Balaban J connectivity index is 2.12. The number of aryl methyl sites for hydroxylation is 1. The van der Waals surface area contributed by atoms with Gasteiger partial charge in [0, 0.05) is 6.92 Å². The number of fused-ring (bicyclic) bond motifs is 1. The molecule has 0 saturated heterocycles. The average molecular weight is 298 g/mol. The lowest BCUT2D eigenvalue weighted by Gasteiger charge is -2.06. The number of aromatic amines is 1. The fourth-order valence-corrected chi connectivity index (χ4v) is 2.62. The molecule has 1 N–H and O–H groups in total. The fraction of sp³-hybridized carbons (Fsp3) is 0.417. The van der Waals surface area contributed by atoms with E-state index in [0.29, 0.717) is 10.2 Å². The summed E-state index contributed by atoms with van der Waals surface area (Å²) < 4.78 is 11.3. The molecule has 0 aromatic carbocycles. The Morgan fingerprint density at radius 1 is 1.40 bits per heavy atom. The summed E-state index contributed by atoms with van der Waals surface area (Å²) in [6.07, 6.45) is 0. The predicted octanol–water partition coefficient (Wildman–Crippen LogP) is 0.597. The van der Waals surface area contributed by atoms with Gasteiger partial charge in [0.2, 0.25) is 0 Å². The van der Waals surface area contributed by atoms with Gasteiger partial charge in [-0.3, -0.25) is 9.59 Å². The largest absolute Gasteiger partial charge is 0.463 e. The molecule has 0 bridgehead atoms. The third kappa shape index (κ3) is 2.97. The Bertz CT molecular complexity index is 742. The number of carbonyl (C=O) groups is 1. The van der Waals surface area contributed by atoms with Gasteiger partial charge in [0.05, 0.1) is 12.1 Å². The third-order valence-corrected chi connectivity index (χ3v) is 3.73. The molecular weight excluding hydrogens is 284 g/mol. The van der Waals surface area contributed by atoms with Gasteiger partial charge in [0.15, 0.2) is 0 Å². The first-order valence-electron chi connectivity index (χ1n) is 5.92. The van der Waals surface area contributed by atoms with Gasteiger partial charge in [-0.05, 0) is 17.9 Å². The van der Waals surface area contributed by atoms with Crippen molar-refractivity contribution < 1.29 is 14.3 Å². The van der Waals surface area contributed by atoms with E-state index in [1.54, 1.807) is 0 Å². The highest BCUT2D eigenvalue weighted by atomic mass is 32.1. The van der Waals surface area contributed by atoms with Gasteiger partial charge in [-0.2, -0.15) is 0 Å². The number of hydrogen-bond donors (Lipinski definition) is 1. The Hall–Kier alpha value is -1.93. The molecule has 0 atom stereocenters. The van der Waals surface area contributed by atoms with Crippen molar-refractivity contribution in [1.29, 1.82) is 0 Å². The number of aromatic nitrogens is 2. The van der Waals surface area contributed by atoms with Crippen molar-refractivity contribution in [2.75, 3.05) is 13.2 Å². The lowest BCUT2D eigenvalue weighted by Crippen LogP contribution is -2.35. The molecule has 0 aliphatic carbocycles. The first-order valence-corrected chi connectivity index (χ1v) is 6.80. The van der Waals surface area contributed by atoms with Gasteiger partial charge in [0.1, 0.15) is 18.0 Å². The number of nitrogens with zero attached hydrogens (tertiary/aromatic N) is 1. The standard InChI is InChI=1S/C12H14N2O5S/c1-7-5-20-10-9(7)13-12(17)14(11(10)16)6-18-3-4-19-8(2)15/h5H,3-4,6H2,1-2H3,(H,13,17). The van der Waals surface area contributed by atoms with Crippen molar-refractivity contribution in [3.05, 3.63) is 31.8 Å². The molecule has 0 aliphatic rings. The molecule has 2 aromatic heterocycles. The van der Waals surface area contributed by atoms with Crippen molar-refractivity contribution in [2.24, 2.45) is 0 Å². The number of nitrogens with one attached hydrogen (secondary N) is 1. The topological polar surface area (TPSA) is 90.4 Å². The second-order valence-corrected chi connectivity index (χ2v) is 5.04. The van der Waals surface area contributed by atoms with Crippen LogP contribution in [0.1, 0.15) is 12.5 Å². The second-order valence-electron chi connectivity index (χ2n) is 4.16. The van der Waals surface area contributed by atoms with Crippen molar-refractivity contribution in [2.45, 2.75) is 20.6 Å². The minimum atomic E-state index is -0.517. The predicted molar refractivity (Wildman–Crippen MR) is 74.0 cm³/mol. The highest BCUT2D eigenvalue weighted by Gasteiger charge is 2.10. The number of esters is 1. The Morgan fingerprint density at radius 2 is 2.15 bits per heavy atom. The minimum Gasteiger partial charge on any atom is -0.463 e. The summed E-state index contributed by atoms with van der Waals surface area (Å²) in [7, 11) is 0. The summed E-state index contributed by atoms with van der Waals surface area (Å²) in [4.78, 5) is 37.2. The second kappa shape index (κ2) is 6.02. The fourth-order valence-electron chi connectivity index (χ4n) is 1.66. The summed E-state index contributed by atoms with van der Waals surface area (Å²) >= 11 is 1.28. The molecule has 8 heteroatoms. The molecule has 0 saturated carbocycles. The Labute approximate surface area is 117 Å². The molecule has 0 radical (unpaired) electrons.